The van der Waals surface area contributed by atoms with Gasteiger partial charge in [0, 0.05) is 6.20 Å². The second-order valence-electron chi connectivity index (χ2n) is 2.39. The Morgan fingerprint density at radius 2 is 2.50 bits per heavy atom. The van der Waals surface area contributed by atoms with E-state index >= 15 is 0 Å². The first-order chi connectivity index (χ1) is 6.70. The van der Waals surface area contributed by atoms with Crippen molar-refractivity contribution < 1.29 is 14.6 Å². The maximum Gasteiger partial charge on any atom is 0.342 e. The molecule has 5 nitrogen and oxygen atoms in total. The Labute approximate surface area is 80.6 Å². The van der Waals surface area contributed by atoms with Crippen LogP contribution in [-0.4, -0.2) is 22.7 Å². The maximum absolute atomic E-state index is 11.2. The highest BCUT2D eigenvalue weighted by atomic mass is 16.5. The normalized spacial score (nSPS) is 9.14. The van der Waals surface area contributed by atoms with Crippen LogP contribution in [0.3, 0.4) is 0 Å². The number of esters is 1. The molecule has 0 saturated carbocycles. The van der Waals surface area contributed by atoms with Crippen LogP contribution in [0.4, 0.5) is 0 Å². The van der Waals surface area contributed by atoms with E-state index in [4.69, 9.17) is 5.26 Å². The molecule has 0 aliphatic heterocycles. The quantitative estimate of drug-likeness (QED) is 0.702. The number of nitriles is 1. The van der Waals surface area contributed by atoms with Gasteiger partial charge in [-0.2, -0.15) is 5.26 Å². The molecule has 0 aliphatic carbocycles. The Kier molecular flexibility index (Phi) is 3.02. The summed E-state index contributed by atoms with van der Waals surface area (Å²) in [6.07, 6.45) is 1.27. The van der Waals surface area contributed by atoms with Gasteiger partial charge in [0.1, 0.15) is 11.6 Å². The van der Waals surface area contributed by atoms with Gasteiger partial charge in [-0.05, 0) is 13.0 Å². The molecule has 14 heavy (non-hydrogen) atoms. The lowest BCUT2D eigenvalue weighted by atomic mass is 10.2. The van der Waals surface area contributed by atoms with E-state index in [0.29, 0.717) is 0 Å². The van der Waals surface area contributed by atoms with Crippen molar-refractivity contribution >= 4 is 5.97 Å². The van der Waals surface area contributed by atoms with Crippen molar-refractivity contribution in [3.63, 3.8) is 0 Å². The van der Waals surface area contributed by atoms with E-state index in [1.165, 1.54) is 12.3 Å². The lowest BCUT2D eigenvalue weighted by Crippen LogP contribution is -2.05. The number of nitrogens with zero attached hydrogens (tertiary/aromatic N) is 2. The topological polar surface area (TPSA) is 83.2 Å². The second kappa shape index (κ2) is 4.23. The molecule has 0 spiro atoms. The monoisotopic (exact) mass is 192 g/mol. The summed E-state index contributed by atoms with van der Waals surface area (Å²) in [4.78, 5) is 14.8. The minimum Gasteiger partial charge on any atom is -0.504 e. The fourth-order valence-corrected chi connectivity index (χ4v) is 0.909. The average Bonchev–Trinajstić information content (AvgIpc) is 2.18. The maximum atomic E-state index is 11.2. The number of hydrogen-bond donors (Lipinski definition) is 1. The van der Waals surface area contributed by atoms with Crippen LogP contribution in [0, 0.1) is 11.3 Å². The van der Waals surface area contributed by atoms with Gasteiger partial charge in [-0.25, -0.2) is 9.78 Å². The largest absolute Gasteiger partial charge is 0.504 e. The van der Waals surface area contributed by atoms with E-state index in [2.05, 4.69) is 9.72 Å². The molecule has 0 bridgehead atoms. The third-order valence-electron chi connectivity index (χ3n) is 1.53. The number of hydrogen-bond acceptors (Lipinski definition) is 5. The molecule has 1 heterocycles. The fraction of sp³-hybridized carbons (Fsp3) is 0.222. The highest BCUT2D eigenvalue weighted by Crippen LogP contribution is 2.19. The SMILES string of the molecule is CCOC(=O)c1ccnc(C#N)c1O. The van der Waals surface area contributed by atoms with Crippen molar-refractivity contribution in [1.82, 2.24) is 4.98 Å². The van der Waals surface area contributed by atoms with E-state index in [1.807, 2.05) is 0 Å². The summed E-state index contributed by atoms with van der Waals surface area (Å²) in [5.74, 6) is -1.10. The third kappa shape index (κ3) is 1.80. The number of rotatable bonds is 2. The highest BCUT2D eigenvalue weighted by Gasteiger charge is 2.15. The summed E-state index contributed by atoms with van der Waals surface area (Å²) < 4.78 is 4.67. The van der Waals surface area contributed by atoms with Gasteiger partial charge in [0.05, 0.1) is 6.61 Å². The molecule has 1 rings (SSSR count). The third-order valence-corrected chi connectivity index (χ3v) is 1.53. The second-order valence-corrected chi connectivity index (χ2v) is 2.39. The predicted molar refractivity (Wildman–Crippen MR) is 46.6 cm³/mol. The van der Waals surface area contributed by atoms with E-state index in [1.54, 1.807) is 13.0 Å². The van der Waals surface area contributed by atoms with Crippen molar-refractivity contribution in [2.24, 2.45) is 0 Å². The van der Waals surface area contributed by atoms with Crippen molar-refractivity contribution in [2.45, 2.75) is 6.92 Å². The van der Waals surface area contributed by atoms with Gasteiger partial charge >= 0.3 is 5.97 Å². The molecule has 0 aliphatic rings. The van der Waals surface area contributed by atoms with Crippen LogP contribution in [0.5, 0.6) is 5.75 Å². The summed E-state index contributed by atoms with van der Waals surface area (Å²) >= 11 is 0. The number of aromatic nitrogens is 1. The highest BCUT2D eigenvalue weighted by molar-refractivity contribution is 5.92. The smallest absolute Gasteiger partial charge is 0.342 e. The van der Waals surface area contributed by atoms with Crippen LogP contribution in [-0.2, 0) is 4.74 Å². The van der Waals surface area contributed by atoms with Crippen molar-refractivity contribution in [1.29, 1.82) is 5.26 Å². The molecule has 0 radical (unpaired) electrons. The van der Waals surface area contributed by atoms with Crippen LogP contribution in [0.25, 0.3) is 0 Å². The number of carbonyl (C=O) groups is 1. The van der Waals surface area contributed by atoms with Crippen LogP contribution >= 0.6 is 0 Å². The number of carbonyl (C=O) groups excluding carboxylic acids is 1. The summed E-state index contributed by atoms with van der Waals surface area (Å²) in [5, 5.41) is 17.9. The minimum absolute atomic E-state index is 0.0431. The zero-order valence-electron chi connectivity index (χ0n) is 7.52. The number of ether oxygens (including phenoxy) is 1. The Balaban J connectivity index is 3.11. The van der Waals surface area contributed by atoms with E-state index in [-0.39, 0.29) is 17.9 Å². The number of pyridine rings is 1. The van der Waals surface area contributed by atoms with Gasteiger partial charge in [0.15, 0.2) is 11.4 Å². The van der Waals surface area contributed by atoms with Crippen molar-refractivity contribution in [3.8, 4) is 11.8 Å². The summed E-state index contributed by atoms with van der Waals surface area (Å²) in [5.41, 5.74) is -0.228. The molecule has 0 atom stereocenters. The molecule has 0 aromatic carbocycles. The zero-order valence-corrected chi connectivity index (χ0v) is 7.52. The fourth-order valence-electron chi connectivity index (χ4n) is 0.909. The molecule has 0 saturated heterocycles. The first kappa shape index (κ1) is 9.99. The van der Waals surface area contributed by atoms with Gasteiger partial charge in [-0.3, -0.25) is 0 Å². The number of aromatic hydroxyl groups is 1. The molecule has 1 N–H and O–H groups in total. The molecule has 0 unspecified atom stereocenters. The van der Waals surface area contributed by atoms with Crippen molar-refractivity contribution in [2.75, 3.05) is 6.61 Å². The summed E-state index contributed by atoms with van der Waals surface area (Å²) in [6, 6.07) is 2.96. The van der Waals surface area contributed by atoms with Gasteiger partial charge in [0.25, 0.3) is 0 Å². The predicted octanol–water partition coefficient (Wildman–Crippen LogP) is 0.836. The Bertz CT molecular complexity index is 396. The molecule has 72 valence electrons. The van der Waals surface area contributed by atoms with Gasteiger partial charge < -0.3 is 9.84 Å². The molecule has 5 heteroatoms. The van der Waals surface area contributed by atoms with Gasteiger partial charge in [-0.15, -0.1) is 0 Å². The summed E-state index contributed by atoms with van der Waals surface area (Å²) in [7, 11) is 0. The average molecular weight is 192 g/mol. The standard InChI is InChI=1S/C9H8N2O3/c1-2-14-9(13)6-3-4-11-7(5-10)8(6)12/h3-4,12H,2H2,1H3. The molecule has 0 amide bonds. The van der Waals surface area contributed by atoms with Gasteiger partial charge in [0.2, 0.25) is 0 Å². The first-order valence-corrected chi connectivity index (χ1v) is 3.96. The molecular formula is C9H8N2O3. The van der Waals surface area contributed by atoms with Crippen molar-refractivity contribution in [3.05, 3.63) is 23.5 Å². The lowest BCUT2D eigenvalue weighted by molar-refractivity contribution is 0.0523. The Hall–Kier alpha value is -2.09. The molecular weight excluding hydrogens is 184 g/mol. The molecule has 1 aromatic rings. The Morgan fingerprint density at radius 3 is 3.07 bits per heavy atom. The molecule has 0 fully saturated rings. The van der Waals surface area contributed by atoms with E-state index < -0.39 is 11.7 Å². The van der Waals surface area contributed by atoms with Crippen LogP contribution < -0.4 is 0 Å². The Morgan fingerprint density at radius 1 is 1.79 bits per heavy atom. The minimum atomic E-state index is -0.663. The zero-order chi connectivity index (χ0) is 10.6. The van der Waals surface area contributed by atoms with Crippen LogP contribution in [0.2, 0.25) is 0 Å². The van der Waals surface area contributed by atoms with E-state index in [0.717, 1.165) is 0 Å². The lowest BCUT2D eigenvalue weighted by Gasteiger charge is -2.03. The molecule has 1 aromatic heterocycles. The van der Waals surface area contributed by atoms with Crippen LogP contribution in [0.1, 0.15) is 23.0 Å². The van der Waals surface area contributed by atoms with E-state index in [9.17, 15) is 9.90 Å². The first-order valence-electron chi connectivity index (χ1n) is 3.96. The van der Waals surface area contributed by atoms with Gasteiger partial charge in [-0.1, -0.05) is 0 Å². The summed E-state index contributed by atoms with van der Waals surface area (Å²) in [6.45, 7) is 1.86. The van der Waals surface area contributed by atoms with Crippen LogP contribution in [0.15, 0.2) is 12.3 Å².